The Hall–Kier alpha value is -3.03. The maximum Gasteiger partial charge on any atom is 0.306 e. The summed E-state index contributed by atoms with van der Waals surface area (Å²) in [6.45, 7) is 1.94. The Balaban J connectivity index is 1.98. The first kappa shape index (κ1) is 18.3. The van der Waals surface area contributed by atoms with Gasteiger partial charge in [0.25, 0.3) is 0 Å². The van der Waals surface area contributed by atoms with E-state index in [1.165, 1.54) is 0 Å². The van der Waals surface area contributed by atoms with Crippen LogP contribution in [-0.2, 0) is 25.5 Å². The van der Waals surface area contributed by atoms with Gasteiger partial charge in [-0.05, 0) is 19.1 Å². The number of nitrogens with one attached hydrogen (secondary N) is 1. The van der Waals surface area contributed by atoms with Crippen LogP contribution in [-0.4, -0.2) is 40.4 Å². The summed E-state index contributed by atoms with van der Waals surface area (Å²) in [6, 6.07) is 6.40. The topological polar surface area (TPSA) is 124 Å². The van der Waals surface area contributed by atoms with Crippen molar-refractivity contribution in [2.45, 2.75) is 32.2 Å². The predicted molar refractivity (Wildman–Crippen MR) is 90.2 cm³/mol. The van der Waals surface area contributed by atoms with Crippen molar-refractivity contribution in [3.05, 3.63) is 36.2 Å². The van der Waals surface area contributed by atoms with E-state index in [-0.39, 0.29) is 25.9 Å². The third kappa shape index (κ3) is 5.52. The minimum Gasteiger partial charge on any atom is -0.466 e. The molecule has 0 saturated heterocycles. The average Bonchev–Trinajstić information content (AvgIpc) is 2.59. The molecule has 25 heavy (non-hydrogen) atoms. The number of aromatic nitrogens is 2. The van der Waals surface area contributed by atoms with Gasteiger partial charge in [0, 0.05) is 19.0 Å². The van der Waals surface area contributed by atoms with E-state index >= 15 is 0 Å². The quantitative estimate of drug-likeness (QED) is 0.671. The zero-order chi connectivity index (χ0) is 18.2. The first-order valence-corrected chi connectivity index (χ1v) is 7.94. The number of ether oxygens (including phenoxy) is 1. The summed E-state index contributed by atoms with van der Waals surface area (Å²) in [6.07, 6.45) is 1.54. The van der Waals surface area contributed by atoms with E-state index in [4.69, 9.17) is 10.5 Å². The monoisotopic (exact) mass is 344 g/mol. The van der Waals surface area contributed by atoms with Crippen molar-refractivity contribution in [3.63, 3.8) is 0 Å². The number of amides is 2. The fourth-order valence-electron chi connectivity index (χ4n) is 2.24. The Morgan fingerprint density at radius 3 is 2.60 bits per heavy atom. The number of hydrogen-bond acceptors (Lipinski definition) is 6. The molecule has 3 N–H and O–H groups in total. The lowest BCUT2D eigenvalue weighted by Crippen LogP contribution is -2.46. The van der Waals surface area contributed by atoms with Gasteiger partial charge in [0.2, 0.25) is 11.8 Å². The molecule has 0 radical (unpaired) electrons. The van der Waals surface area contributed by atoms with Gasteiger partial charge >= 0.3 is 5.97 Å². The number of fused-ring (bicyclic) bond motifs is 1. The number of para-hydroxylation sites is 2. The average molecular weight is 344 g/mol. The molecule has 2 amide bonds. The Kier molecular flexibility index (Phi) is 6.39. The highest BCUT2D eigenvalue weighted by molar-refractivity contribution is 5.88. The number of nitrogens with zero attached hydrogens (tertiary/aromatic N) is 2. The highest BCUT2D eigenvalue weighted by Gasteiger charge is 2.20. The normalized spacial score (nSPS) is 11.7. The maximum atomic E-state index is 11.9. The summed E-state index contributed by atoms with van der Waals surface area (Å²) >= 11 is 0. The highest BCUT2D eigenvalue weighted by Crippen LogP contribution is 2.10. The van der Waals surface area contributed by atoms with E-state index in [1.54, 1.807) is 13.1 Å². The van der Waals surface area contributed by atoms with Gasteiger partial charge in [-0.2, -0.15) is 0 Å². The smallest absolute Gasteiger partial charge is 0.306 e. The molecule has 0 fully saturated rings. The molecule has 0 aliphatic carbocycles. The number of hydrogen-bond donors (Lipinski definition) is 2. The third-order valence-electron chi connectivity index (χ3n) is 3.45. The van der Waals surface area contributed by atoms with Crippen LogP contribution in [0.5, 0.6) is 0 Å². The number of carbonyl (C=O) groups excluding carboxylic acids is 3. The molecule has 0 aliphatic heterocycles. The number of carbonyl (C=O) groups is 3. The number of rotatable bonds is 8. The van der Waals surface area contributed by atoms with Gasteiger partial charge in [0.05, 0.1) is 29.8 Å². The van der Waals surface area contributed by atoms with Crippen molar-refractivity contribution < 1.29 is 19.1 Å². The number of esters is 1. The Morgan fingerprint density at radius 2 is 1.92 bits per heavy atom. The fourth-order valence-corrected chi connectivity index (χ4v) is 2.24. The van der Waals surface area contributed by atoms with Crippen LogP contribution in [0.1, 0.15) is 25.5 Å². The van der Waals surface area contributed by atoms with Crippen LogP contribution in [0, 0.1) is 0 Å². The second-order valence-corrected chi connectivity index (χ2v) is 5.38. The van der Waals surface area contributed by atoms with Gasteiger partial charge in [0.15, 0.2) is 0 Å². The summed E-state index contributed by atoms with van der Waals surface area (Å²) in [4.78, 5) is 43.5. The maximum absolute atomic E-state index is 11.9. The van der Waals surface area contributed by atoms with Gasteiger partial charge in [-0.15, -0.1) is 0 Å². The molecule has 2 aromatic rings. The minimum absolute atomic E-state index is 0.0546. The molecule has 1 atom stereocenters. The second kappa shape index (κ2) is 8.72. The van der Waals surface area contributed by atoms with Gasteiger partial charge in [0.1, 0.15) is 6.04 Å². The van der Waals surface area contributed by atoms with Gasteiger partial charge < -0.3 is 15.8 Å². The molecule has 0 unspecified atom stereocenters. The van der Waals surface area contributed by atoms with Crippen molar-refractivity contribution in [2.75, 3.05) is 6.61 Å². The molecule has 8 heteroatoms. The Morgan fingerprint density at radius 1 is 1.20 bits per heavy atom. The molecule has 0 saturated carbocycles. The molecule has 132 valence electrons. The van der Waals surface area contributed by atoms with Crippen molar-refractivity contribution >= 4 is 28.8 Å². The SMILES string of the molecule is CCOC(=O)CCC(=O)N[C@H](Cc1cnc2ccccc2n1)C(N)=O. The van der Waals surface area contributed by atoms with E-state index in [2.05, 4.69) is 15.3 Å². The molecule has 0 bridgehead atoms. The number of benzene rings is 1. The van der Waals surface area contributed by atoms with Gasteiger partial charge in [-0.1, -0.05) is 12.1 Å². The first-order chi connectivity index (χ1) is 12.0. The molecule has 0 spiro atoms. The lowest BCUT2D eigenvalue weighted by molar-refractivity contribution is -0.144. The molecule has 8 nitrogen and oxygen atoms in total. The van der Waals surface area contributed by atoms with Crippen molar-refractivity contribution in [1.82, 2.24) is 15.3 Å². The first-order valence-electron chi connectivity index (χ1n) is 7.94. The van der Waals surface area contributed by atoms with Crippen LogP contribution in [0.2, 0.25) is 0 Å². The largest absolute Gasteiger partial charge is 0.466 e. The standard InChI is InChI=1S/C17H20N4O4/c1-2-25-16(23)8-7-15(22)21-14(17(18)24)9-11-10-19-12-5-3-4-6-13(12)20-11/h3-6,10,14H,2,7-9H2,1H3,(H2,18,24)(H,21,22)/t14-/m1/s1. The zero-order valence-corrected chi connectivity index (χ0v) is 13.9. The predicted octanol–water partition coefficient (Wildman–Crippen LogP) is 0.486. The number of nitrogens with two attached hydrogens (primary N) is 1. The lowest BCUT2D eigenvalue weighted by atomic mass is 10.1. The third-order valence-corrected chi connectivity index (χ3v) is 3.45. The van der Waals surface area contributed by atoms with E-state index in [9.17, 15) is 14.4 Å². The van der Waals surface area contributed by atoms with Crippen LogP contribution in [0.3, 0.4) is 0 Å². The molecule has 1 heterocycles. The van der Waals surface area contributed by atoms with Crippen molar-refractivity contribution in [3.8, 4) is 0 Å². The Bertz CT molecular complexity index is 778. The fraction of sp³-hybridized carbons (Fsp3) is 0.353. The van der Waals surface area contributed by atoms with E-state index in [0.29, 0.717) is 11.2 Å². The molecule has 1 aromatic heterocycles. The Labute approximate surface area is 144 Å². The molecule has 2 rings (SSSR count). The highest BCUT2D eigenvalue weighted by atomic mass is 16.5. The van der Waals surface area contributed by atoms with Crippen LogP contribution in [0.4, 0.5) is 0 Å². The van der Waals surface area contributed by atoms with Gasteiger partial charge in [-0.25, -0.2) is 4.98 Å². The summed E-state index contributed by atoms with van der Waals surface area (Å²) in [5.41, 5.74) is 7.32. The molecular weight excluding hydrogens is 324 g/mol. The summed E-state index contributed by atoms with van der Waals surface area (Å²) < 4.78 is 4.75. The van der Waals surface area contributed by atoms with E-state index < -0.39 is 23.8 Å². The zero-order valence-electron chi connectivity index (χ0n) is 13.9. The summed E-state index contributed by atoms with van der Waals surface area (Å²) in [7, 11) is 0. The molecule has 0 aliphatic rings. The van der Waals surface area contributed by atoms with Crippen LogP contribution in [0.25, 0.3) is 11.0 Å². The van der Waals surface area contributed by atoms with E-state index in [0.717, 1.165) is 5.52 Å². The number of primary amides is 1. The second-order valence-electron chi connectivity index (χ2n) is 5.38. The molecule has 1 aromatic carbocycles. The summed E-state index contributed by atoms with van der Waals surface area (Å²) in [5.74, 6) is -1.60. The molecular formula is C17H20N4O4. The lowest BCUT2D eigenvalue weighted by Gasteiger charge is -2.15. The van der Waals surface area contributed by atoms with Crippen molar-refractivity contribution in [1.29, 1.82) is 0 Å². The van der Waals surface area contributed by atoms with Crippen LogP contribution >= 0.6 is 0 Å². The van der Waals surface area contributed by atoms with E-state index in [1.807, 2.05) is 24.3 Å². The van der Waals surface area contributed by atoms with Crippen LogP contribution in [0.15, 0.2) is 30.5 Å². The summed E-state index contributed by atoms with van der Waals surface area (Å²) in [5, 5.41) is 2.52. The van der Waals surface area contributed by atoms with Crippen molar-refractivity contribution in [2.24, 2.45) is 5.73 Å². The minimum atomic E-state index is -0.926. The van der Waals surface area contributed by atoms with Gasteiger partial charge in [-0.3, -0.25) is 19.4 Å². The van der Waals surface area contributed by atoms with Crippen LogP contribution < -0.4 is 11.1 Å².